The number of fused-ring (bicyclic) bond motifs is 2. The molecule has 0 amide bonds. The Balaban J connectivity index is 1.16. The molecule has 3 aromatic carbocycles. The van der Waals surface area contributed by atoms with Gasteiger partial charge in [-0.05, 0) is 105 Å². The van der Waals surface area contributed by atoms with Crippen LogP contribution in [0.4, 0.5) is 5.69 Å². The summed E-state index contributed by atoms with van der Waals surface area (Å²) in [6, 6.07) is 15.9. The number of unbranched alkanes of at least 4 members (excludes halogenated alkanes) is 7. The molecule has 1 N–H and O–H groups in total. The zero-order chi connectivity index (χ0) is 34.2. The zero-order valence-electron chi connectivity index (χ0n) is 28.8. The molecule has 5 rings (SSSR count). The van der Waals surface area contributed by atoms with E-state index in [9.17, 15) is 14.4 Å². The van der Waals surface area contributed by atoms with Gasteiger partial charge in [0, 0.05) is 45.8 Å². The average Bonchev–Trinajstić information content (AvgIpc) is 3.06. The van der Waals surface area contributed by atoms with Crippen molar-refractivity contribution in [2.45, 2.75) is 85.5 Å². The van der Waals surface area contributed by atoms with Crippen LogP contribution in [0, 0.1) is 13.8 Å². The monoisotopic (exact) mass is 645 g/mol. The summed E-state index contributed by atoms with van der Waals surface area (Å²) in [6.45, 7) is 13.2. The number of hydrogen-bond donors (Lipinski definition) is 1. The quantitative estimate of drug-likeness (QED) is 0.0798. The third-order valence-electron chi connectivity index (χ3n) is 9.24. The number of allylic oxidation sites excluding steroid dienone is 4. The van der Waals surface area contributed by atoms with E-state index in [0.717, 1.165) is 113 Å². The number of rotatable bonds is 15. The highest BCUT2D eigenvalue weighted by atomic mass is 16.5. The molecule has 0 radical (unpaired) electrons. The summed E-state index contributed by atoms with van der Waals surface area (Å²) in [7, 11) is 0. The molecule has 6 nitrogen and oxygen atoms in total. The zero-order valence-corrected chi connectivity index (χ0v) is 28.8. The van der Waals surface area contributed by atoms with Gasteiger partial charge >= 0.3 is 5.97 Å². The minimum absolute atomic E-state index is 0.0222. The Labute approximate surface area is 284 Å². The van der Waals surface area contributed by atoms with Crippen LogP contribution in [0.25, 0.3) is 12.2 Å². The Bertz CT molecular complexity index is 1900. The number of esters is 1. The minimum Gasteiger partial charge on any atom is -0.462 e. The molecule has 0 unspecified atom stereocenters. The summed E-state index contributed by atoms with van der Waals surface area (Å²) in [5, 5.41) is 5.26. The Morgan fingerprint density at radius 3 is 2.25 bits per heavy atom. The molecule has 0 saturated carbocycles. The molecule has 0 aromatic heterocycles. The van der Waals surface area contributed by atoms with E-state index in [0.29, 0.717) is 29.7 Å². The highest BCUT2D eigenvalue weighted by molar-refractivity contribution is 6.19. The van der Waals surface area contributed by atoms with Crippen LogP contribution in [-0.2, 0) is 14.3 Å². The molecule has 1 heterocycles. The van der Waals surface area contributed by atoms with Crippen LogP contribution in [-0.4, -0.2) is 30.7 Å². The van der Waals surface area contributed by atoms with Crippen LogP contribution in [0.1, 0.15) is 104 Å². The van der Waals surface area contributed by atoms with Gasteiger partial charge in [-0.2, -0.15) is 0 Å². The largest absolute Gasteiger partial charge is 0.462 e. The van der Waals surface area contributed by atoms with Gasteiger partial charge in [0.2, 0.25) is 0 Å². The minimum atomic E-state index is -0.321. The van der Waals surface area contributed by atoms with E-state index in [4.69, 9.17) is 9.47 Å². The van der Waals surface area contributed by atoms with Crippen molar-refractivity contribution in [1.82, 2.24) is 0 Å². The van der Waals surface area contributed by atoms with E-state index in [-0.39, 0.29) is 17.5 Å². The molecule has 0 spiro atoms. The molecular weight excluding hydrogens is 598 g/mol. The van der Waals surface area contributed by atoms with E-state index in [1.807, 2.05) is 43.3 Å². The van der Waals surface area contributed by atoms with Crippen LogP contribution in [0.2, 0.25) is 0 Å². The molecule has 1 aliphatic heterocycles. The van der Waals surface area contributed by atoms with Crippen LogP contribution in [0.3, 0.4) is 0 Å². The smallest absolute Gasteiger partial charge is 0.338 e. The molecule has 0 atom stereocenters. The number of hydrogen-bond acceptors (Lipinski definition) is 6. The average molecular weight is 646 g/mol. The Morgan fingerprint density at radius 2 is 1.50 bits per heavy atom. The summed E-state index contributed by atoms with van der Waals surface area (Å²) < 4.78 is 12.3. The van der Waals surface area contributed by atoms with Crippen LogP contribution < -0.4 is 20.5 Å². The second-order valence-corrected chi connectivity index (χ2v) is 12.9. The van der Waals surface area contributed by atoms with Crippen LogP contribution >= 0.6 is 0 Å². The molecule has 6 heteroatoms. The molecule has 250 valence electrons. The van der Waals surface area contributed by atoms with Gasteiger partial charge in [-0.25, -0.2) is 4.79 Å². The lowest BCUT2D eigenvalue weighted by Crippen LogP contribution is -2.23. The number of carbonyl (C=O) groups is 3. The SMILES string of the molecule is C=c1cc2c(cc1C)=C(c1ccccc1C(=O)OCCCCCCCCCCC1=CC(=O)C(C)=CC1=O)c1cc(C)c(NCC)cc1O2. The summed E-state index contributed by atoms with van der Waals surface area (Å²) in [5.41, 5.74) is 7.59. The normalized spacial score (nSPS) is 13.7. The highest BCUT2D eigenvalue weighted by Crippen LogP contribution is 2.40. The van der Waals surface area contributed by atoms with Gasteiger partial charge in [-0.3, -0.25) is 9.59 Å². The number of anilines is 1. The maximum Gasteiger partial charge on any atom is 0.338 e. The summed E-state index contributed by atoms with van der Waals surface area (Å²) in [4.78, 5) is 37.4. The first kappa shape index (κ1) is 34.6. The number of ketones is 2. The lowest BCUT2D eigenvalue weighted by atomic mass is 9.88. The fourth-order valence-electron chi connectivity index (χ4n) is 6.41. The van der Waals surface area contributed by atoms with Crippen molar-refractivity contribution in [1.29, 1.82) is 0 Å². The first-order valence-corrected chi connectivity index (χ1v) is 17.3. The van der Waals surface area contributed by atoms with Crippen molar-refractivity contribution in [2.24, 2.45) is 0 Å². The number of carbonyl (C=O) groups excluding carboxylic acids is 3. The first-order valence-electron chi connectivity index (χ1n) is 17.3. The predicted molar refractivity (Wildman–Crippen MR) is 193 cm³/mol. The Morgan fingerprint density at radius 1 is 0.792 bits per heavy atom. The van der Waals surface area contributed by atoms with Crippen LogP contribution in [0.15, 0.2) is 71.8 Å². The molecule has 0 bridgehead atoms. The van der Waals surface area contributed by atoms with Gasteiger partial charge in [-0.1, -0.05) is 63.3 Å². The second kappa shape index (κ2) is 15.9. The van der Waals surface area contributed by atoms with Gasteiger partial charge in [-0.15, -0.1) is 0 Å². The lowest BCUT2D eigenvalue weighted by Gasteiger charge is -2.24. The topological polar surface area (TPSA) is 81.7 Å². The summed E-state index contributed by atoms with van der Waals surface area (Å²) in [6.07, 6.45) is 11.9. The Hall–Kier alpha value is -4.71. The molecule has 0 fully saturated rings. The first-order chi connectivity index (χ1) is 23.2. The second-order valence-electron chi connectivity index (χ2n) is 12.9. The number of ether oxygens (including phenoxy) is 2. The summed E-state index contributed by atoms with van der Waals surface area (Å²) in [5.74, 6) is 1.07. The van der Waals surface area contributed by atoms with Crippen molar-refractivity contribution in [2.75, 3.05) is 18.5 Å². The van der Waals surface area contributed by atoms with Crippen molar-refractivity contribution < 1.29 is 23.9 Å². The molecule has 1 aliphatic carbocycles. The molecule has 2 aliphatic rings. The third kappa shape index (κ3) is 8.04. The highest BCUT2D eigenvalue weighted by Gasteiger charge is 2.25. The van der Waals surface area contributed by atoms with Gasteiger partial charge in [0.15, 0.2) is 11.6 Å². The van der Waals surface area contributed by atoms with Crippen molar-refractivity contribution >= 4 is 35.4 Å². The van der Waals surface area contributed by atoms with Gasteiger partial charge in [0.25, 0.3) is 0 Å². The fraction of sp³-hybridized carbons (Fsp3) is 0.357. The number of aryl methyl sites for hydroxylation is 2. The third-order valence-corrected chi connectivity index (χ3v) is 9.24. The molecule has 3 aromatic rings. The predicted octanol–water partition coefficient (Wildman–Crippen LogP) is 8.19. The van der Waals surface area contributed by atoms with Crippen LogP contribution in [0.5, 0.6) is 11.5 Å². The summed E-state index contributed by atoms with van der Waals surface area (Å²) >= 11 is 0. The van der Waals surface area contributed by atoms with Gasteiger partial charge in [0.05, 0.1) is 12.2 Å². The molecule has 0 saturated heterocycles. The standard InChI is InChI=1S/C42H47NO5/c1-6-43-36-26-40-35(22-29(36)4)41(34-21-27(2)28(3)24-39(34)48-40)32-18-14-15-19-33(32)42(46)47-20-16-12-10-8-7-9-11-13-17-31-25-37(44)30(5)23-38(31)45/h14-15,18-19,21-26,43H,3,6-13,16-17,20H2,1-2,4-5H3. The van der Waals surface area contributed by atoms with Crippen molar-refractivity contribution in [3.8, 4) is 11.5 Å². The molecule has 48 heavy (non-hydrogen) atoms. The van der Waals surface area contributed by atoms with E-state index >= 15 is 0 Å². The van der Waals surface area contributed by atoms with E-state index < -0.39 is 0 Å². The van der Waals surface area contributed by atoms with Gasteiger partial charge < -0.3 is 14.8 Å². The van der Waals surface area contributed by atoms with E-state index in [1.165, 1.54) is 12.2 Å². The fourth-order valence-corrected chi connectivity index (χ4v) is 6.41. The van der Waals surface area contributed by atoms with Crippen molar-refractivity contribution in [3.63, 3.8) is 0 Å². The molecular formula is C42H47NO5. The maximum absolute atomic E-state index is 13.5. The maximum atomic E-state index is 13.5. The van der Waals surface area contributed by atoms with E-state index in [1.54, 1.807) is 6.92 Å². The van der Waals surface area contributed by atoms with Crippen molar-refractivity contribution in [3.05, 3.63) is 110 Å². The Kier molecular flexibility index (Phi) is 11.5. The lowest BCUT2D eigenvalue weighted by molar-refractivity contribution is -0.115. The number of benzene rings is 3. The number of nitrogens with one attached hydrogen (secondary N) is 1. The van der Waals surface area contributed by atoms with E-state index in [2.05, 4.69) is 37.9 Å². The van der Waals surface area contributed by atoms with Gasteiger partial charge in [0.1, 0.15) is 11.5 Å².